The number of hydrogen-bond acceptors (Lipinski definition) is 5. The van der Waals surface area contributed by atoms with Crippen molar-refractivity contribution in [3.8, 4) is 6.07 Å². The number of aliphatic carboxylic acids is 1. The van der Waals surface area contributed by atoms with Crippen LogP contribution in [0.5, 0.6) is 0 Å². The minimum Gasteiger partial charge on any atom is -0.480 e. The van der Waals surface area contributed by atoms with E-state index in [1.54, 1.807) is 29.2 Å². The number of urea groups is 1. The Balaban J connectivity index is 1.64. The first kappa shape index (κ1) is 29.6. The normalized spacial score (nSPS) is 17.1. The summed E-state index contributed by atoms with van der Waals surface area (Å²) in [7, 11) is 0. The highest BCUT2D eigenvalue weighted by atomic mass is 19.4. The summed E-state index contributed by atoms with van der Waals surface area (Å²) in [6.45, 7) is 3.19. The molecule has 216 valence electrons. The first-order valence-electron chi connectivity index (χ1n) is 13.3. The molecule has 2 heterocycles. The second kappa shape index (κ2) is 12.4. The van der Waals surface area contributed by atoms with Gasteiger partial charge in [-0.1, -0.05) is 31.5 Å². The van der Waals surface area contributed by atoms with E-state index < -0.39 is 29.8 Å². The highest BCUT2D eigenvalue weighted by molar-refractivity contribution is 6.07. The van der Waals surface area contributed by atoms with Gasteiger partial charge < -0.3 is 15.3 Å². The van der Waals surface area contributed by atoms with E-state index in [0.29, 0.717) is 30.6 Å². The second-order valence-electron chi connectivity index (χ2n) is 9.96. The molecule has 0 fully saturated rings. The van der Waals surface area contributed by atoms with Crippen LogP contribution in [-0.2, 0) is 15.8 Å². The van der Waals surface area contributed by atoms with Crippen molar-refractivity contribution in [2.75, 3.05) is 37.6 Å². The lowest BCUT2D eigenvalue weighted by Crippen LogP contribution is -2.47. The quantitative estimate of drug-likeness (QED) is 0.411. The number of carboxylic acid groups (broad SMARTS) is 1. The molecule has 0 bridgehead atoms. The number of nitrogens with one attached hydrogen (secondary N) is 1. The van der Waals surface area contributed by atoms with Gasteiger partial charge in [0.25, 0.3) is 5.91 Å². The number of unbranched alkanes of at least 4 members (excludes halogenated alkanes) is 1. The molecule has 0 aromatic heterocycles. The summed E-state index contributed by atoms with van der Waals surface area (Å²) >= 11 is 0. The van der Waals surface area contributed by atoms with Crippen molar-refractivity contribution in [1.29, 1.82) is 5.26 Å². The van der Waals surface area contributed by atoms with Crippen LogP contribution in [0.1, 0.15) is 48.9 Å². The Kier molecular flexibility index (Phi) is 8.98. The number of benzene rings is 2. The van der Waals surface area contributed by atoms with E-state index in [1.165, 1.54) is 17.0 Å². The zero-order chi connectivity index (χ0) is 29.7. The summed E-state index contributed by atoms with van der Waals surface area (Å²) in [5.41, 5.74) is 0.511. The third kappa shape index (κ3) is 6.69. The van der Waals surface area contributed by atoms with E-state index in [-0.39, 0.29) is 42.5 Å². The number of amides is 3. The molecular weight excluding hydrogens is 539 g/mol. The van der Waals surface area contributed by atoms with E-state index in [9.17, 15) is 32.7 Å². The predicted molar refractivity (Wildman–Crippen MR) is 144 cm³/mol. The van der Waals surface area contributed by atoms with Gasteiger partial charge in [-0.25, -0.2) is 4.79 Å². The van der Waals surface area contributed by atoms with E-state index >= 15 is 0 Å². The van der Waals surface area contributed by atoms with Gasteiger partial charge in [-0.15, -0.1) is 0 Å². The highest BCUT2D eigenvalue weighted by Gasteiger charge is 2.45. The molecule has 1 unspecified atom stereocenters. The second-order valence-corrected chi connectivity index (χ2v) is 9.96. The maximum Gasteiger partial charge on any atom is 0.416 e. The van der Waals surface area contributed by atoms with Crippen molar-refractivity contribution >= 4 is 23.6 Å². The average Bonchev–Trinajstić information content (AvgIpc) is 3.26. The molecule has 0 saturated heterocycles. The Bertz CT molecular complexity index is 1380. The SMILES string of the molecule is CCCCN(CCCN1CC2=C(C1=O)C(c1ccc(C#N)cc1)NC(=O)N2c1cccc(C(F)(F)F)c1)CC(=O)O. The largest absolute Gasteiger partial charge is 0.480 e. The van der Waals surface area contributed by atoms with Gasteiger partial charge in [-0.3, -0.25) is 19.4 Å². The van der Waals surface area contributed by atoms with E-state index in [4.69, 9.17) is 5.26 Å². The number of carbonyl (C=O) groups excluding carboxylic acids is 2. The minimum atomic E-state index is -4.62. The molecule has 2 aliphatic rings. The summed E-state index contributed by atoms with van der Waals surface area (Å²) in [5.74, 6) is -1.31. The fourth-order valence-corrected chi connectivity index (χ4v) is 5.10. The van der Waals surface area contributed by atoms with Crippen LogP contribution >= 0.6 is 0 Å². The first-order chi connectivity index (χ1) is 19.5. The van der Waals surface area contributed by atoms with Gasteiger partial charge in [0.05, 0.1) is 53.3 Å². The predicted octanol–water partition coefficient (Wildman–Crippen LogP) is 4.52. The van der Waals surface area contributed by atoms with Crippen molar-refractivity contribution in [3.63, 3.8) is 0 Å². The molecule has 0 aliphatic carbocycles. The molecule has 0 saturated carbocycles. The number of alkyl halides is 3. The minimum absolute atomic E-state index is 0.00149. The lowest BCUT2D eigenvalue weighted by atomic mass is 9.94. The third-order valence-corrected chi connectivity index (χ3v) is 7.09. The molecule has 4 rings (SSSR count). The number of carboxylic acids is 1. The summed E-state index contributed by atoms with van der Waals surface area (Å²) in [5, 5.41) is 21.1. The van der Waals surface area contributed by atoms with Gasteiger partial charge >= 0.3 is 18.2 Å². The Morgan fingerprint density at radius 2 is 1.85 bits per heavy atom. The number of halogens is 3. The Labute approximate surface area is 235 Å². The number of hydrogen-bond donors (Lipinski definition) is 2. The van der Waals surface area contributed by atoms with Crippen LogP contribution in [0.25, 0.3) is 0 Å². The van der Waals surface area contributed by atoms with Crippen LogP contribution < -0.4 is 10.2 Å². The number of anilines is 1. The van der Waals surface area contributed by atoms with Crippen molar-refractivity contribution in [2.45, 2.75) is 38.4 Å². The molecular formula is C29H30F3N5O4. The molecule has 9 nitrogen and oxygen atoms in total. The van der Waals surface area contributed by atoms with Crippen molar-refractivity contribution < 1.29 is 32.7 Å². The van der Waals surface area contributed by atoms with Crippen LogP contribution in [0.2, 0.25) is 0 Å². The van der Waals surface area contributed by atoms with Gasteiger partial charge in [0.1, 0.15) is 0 Å². The van der Waals surface area contributed by atoms with Gasteiger partial charge in [-0.05, 0) is 55.3 Å². The molecule has 3 amide bonds. The van der Waals surface area contributed by atoms with Gasteiger partial charge in [0, 0.05) is 13.1 Å². The Morgan fingerprint density at radius 1 is 1.15 bits per heavy atom. The highest BCUT2D eigenvalue weighted by Crippen LogP contribution is 2.40. The van der Waals surface area contributed by atoms with Gasteiger partial charge in [0.15, 0.2) is 0 Å². The lowest BCUT2D eigenvalue weighted by Gasteiger charge is -2.34. The third-order valence-electron chi connectivity index (χ3n) is 7.09. The zero-order valence-corrected chi connectivity index (χ0v) is 22.4. The Hall–Kier alpha value is -4.37. The summed E-state index contributed by atoms with van der Waals surface area (Å²) in [6.07, 6.45) is -2.42. The maximum atomic E-state index is 13.7. The molecule has 0 spiro atoms. The van der Waals surface area contributed by atoms with Crippen LogP contribution in [0, 0.1) is 11.3 Å². The van der Waals surface area contributed by atoms with Crippen molar-refractivity contribution in [1.82, 2.24) is 15.1 Å². The van der Waals surface area contributed by atoms with Crippen LogP contribution in [-0.4, -0.2) is 65.5 Å². The Morgan fingerprint density at radius 3 is 2.49 bits per heavy atom. The van der Waals surface area contributed by atoms with E-state index in [0.717, 1.165) is 29.9 Å². The fraction of sp³-hybridized carbons (Fsp3) is 0.379. The number of carbonyl (C=O) groups is 3. The summed E-state index contributed by atoms with van der Waals surface area (Å²) < 4.78 is 40.4. The van der Waals surface area contributed by atoms with Crippen molar-refractivity contribution in [2.24, 2.45) is 0 Å². The lowest BCUT2D eigenvalue weighted by molar-refractivity contribution is -0.139. The fourth-order valence-electron chi connectivity index (χ4n) is 5.10. The average molecular weight is 570 g/mol. The molecule has 1 atom stereocenters. The van der Waals surface area contributed by atoms with Crippen LogP contribution in [0.4, 0.5) is 23.7 Å². The van der Waals surface area contributed by atoms with Crippen LogP contribution in [0.15, 0.2) is 59.8 Å². The topological polar surface area (TPSA) is 117 Å². The molecule has 2 N–H and O–H groups in total. The standard InChI is InChI=1S/C29H30F3N5O4/c1-2-3-12-35(18-24(38)39)13-5-14-36-17-23-25(27(36)40)26(20-10-8-19(16-33)9-11-20)34-28(41)37(23)22-7-4-6-21(15-22)29(30,31)32/h4,6-11,15,26H,2-3,5,12-14,17-18H2,1H3,(H,34,41)(H,38,39). The maximum absolute atomic E-state index is 13.7. The van der Waals surface area contributed by atoms with Gasteiger partial charge in [0.2, 0.25) is 0 Å². The van der Waals surface area contributed by atoms with Gasteiger partial charge in [-0.2, -0.15) is 18.4 Å². The van der Waals surface area contributed by atoms with E-state index in [2.05, 4.69) is 5.32 Å². The molecule has 12 heteroatoms. The molecule has 41 heavy (non-hydrogen) atoms. The van der Waals surface area contributed by atoms with E-state index in [1.807, 2.05) is 13.0 Å². The number of rotatable bonds is 11. The molecule has 2 aromatic rings. The van der Waals surface area contributed by atoms with Crippen molar-refractivity contribution in [3.05, 3.63) is 76.5 Å². The molecule has 2 aromatic carbocycles. The molecule has 2 aliphatic heterocycles. The molecule has 0 radical (unpaired) electrons. The summed E-state index contributed by atoms with van der Waals surface area (Å²) in [4.78, 5) is 42.8. The monoisotopic (exact) mass is 569 g/mol. The zero-order valence-electron chi connectivity index (χ0n) is 22.4. The number of nitrogens with zero attached hydrogens (tertiary/aromatic N) is 4. The summed E-state index contributed by atoms with van der Waals surface area (Å²) in [6, 6.07) is 11.2. The van der Waals surface area contributed by atoms with Crippen LogP contribution in [0.3, 0.4) is 0 Å². The number of nitriles is 1. The first-order valence-corrected chi connectivity index (χ1v) is 13.3. The smallest absolute Gasteiger partial charge is 0.416 e.